The molecule has 0 radical (unpaired) electrons. The van der Waals surface area contributed by atoms with Crippen LogP contribution in [0.3, 0.4) is 0 Å². The van der Waals surface area contributed by atoms with Crippen LogP contribution >= 0.6 is 12.4 Å². The second-order valence-electron chi connectivity index (χ2n) is 5.25. The molecule has 2 atom stereocenters. The van der Waals surface area contributed by atoms with Crippen molar-refractivity contribution < 1.29 is 14.8 Å². The number of nitrogens with zero attached hydrogens (tertiary/aromatic N) is 1. The zero-order valence-corrected chi connectivity index (χ0v) is 12.7. The van der Waals surface area contributed by atoms with Crippen LogP contribution in [0.4, 0.5) is 5.69 Å². The number of nitrogens with two attached hydrogens (primary N) is 1. The first-order valence-electron chi connectivity index (χ1n) is 6.80. The zero-order chi connectivity index (χ0) is 14.7. The molecule has 1 aliphatic carbocycles. The summed E-state index contributed by atoms with van der Waals surface area (Å²) in [6.45, 7) is 0. The van der Waals surface area contributed by atoms with Gasteiger partial charge in [-0.05, 0) is 30.4 Å². The van der Waals surface area contributed by atoms with Gasteiger partial charge in [-0.1, -0.05) is 18.9 Å². The van der Waals surface area contributed by atoms with E-state index in [9.17, 15) is 15.2 Å². The Kier molecular flexibility index (Phi) is 6.39. The summed E-state index contributed by atoms with van der Waals surface area (Å²) in [6, 6.07) is 3.98. The van der Waals surface area contributed by atoms with Crippen molar-refractivity contribution in [2.24, 2.45) is 11.7 Å². The van der Waals surface area contributed by atoms with E-state index in [4.69, 9.17) is 10.5 Å². The lowest BCUT2D eigenvalue weighted by molar-refractivity contribution is -0.385. The minimum Gasteiger partial charge on any atom is -0.490 e. The molecule has 0 aliphatic heterocycles. The fraction of sp³-hybridized carbons (Fsp3) is 0.571. The maximum absolute atomic E-state index is 11.0. The minimum atomic E-state index is -0.662. The molecule has 118 valence electrons. The summed E-state index contributed by atoms with van der Waals surface area (Å²) in [4.78, 5) is 10.5. The van der Waals surface area contributed by atoms with Crippen molar-refractivity contribution in [2.75, 3.05) is 7.11 Å². The van der Waals surface area contributed by atoms with Crippen LogP contribution < -0.4 is 10.5 Å². The number of nitro benzene ring substituents is 1. The Bertz CT molecular complexity index is 492. The summed E-state index contributed by atoms with van der Waals surface area (Å²) in [5.74, 6) is 0.382. The topological polar surface area (TPSA) is 98.6 Å². The van der Waals surface area contributed by atoms with Crippen molar-refractivity contribution in [1.82, 2.24) is 0 Å². The predicted octanol–water partition coefficient (Wildman–Crippen LogP) is 2.58. The summed E-state index contributed by atoms with van der Waals surface area (Å²) < 4.78 is 4.96. The lowest BCUT2D eigenvalue weighted by Gasteiger charge is -2.24. The molecule has 7 heteroatoms. The molecule has 0 saturated heterocycles. The molecule has 6 nitrogen and oxygen atoms in total. The van der Waals surface area contributed by atoms with Gasteiger partial charge in [0.15, 0.2) is 5.75 Å². The smallest absolute Gasteiger partial charge is 0.311 e. The van der Waals surface area contributed by atoms with Crippen LogP contribution in [-0.2, 0) is 0 Å². The maximum atomic E-state index is 11.0. The highest BCUT2D eigenvalue weighted by Gasteiger charge is 2.30. The molecule has 1 aromatic rings. The van der Waals surface area contributed by atoms with E-state index >= 15 is 0 Å². The van der Waals surface area contributed by atoms with Crippen molar-refractivity contribution in [2.45, 2.75) is 37.8 Å². The van der Waals surface area contributed by atoms with Crippen LogP contribution in [0.1, 0.15) is 37.3 Å². The van der Waals surface area contributed by atoms with Crippen molar-refractivity contribution in [3.63, 3.8) is 0 Å². The van der Waals surface area contributed by atoms with E-state index in [0.717, 1.165) is 25.7 Å². The molecular weight excluding hydrogens is 296 g/mol. The molecular formula is C14H21ClN2O4. The van der Waals surface area contributed by atoms with Crippen molar-refractivity contribution >= 4 is 18.1 Å². The third kappa shape index (κ3) is 3.84. The summed E-state index contributed by atoms with van der Waals surface area (Å²) >= 11 is 0. The van der Waals surface area contributed by atoms with Gasteiger partial charge in [0.1, 0.15) is 0 Å². The Morgan fingerprint density at radius 1 is 1.43 bits per heavy atom. The number of hydrogen-bond donors (Lipinski definition) is 2. The molecule has 21 heavy (non-hydrogen) atoms. The third-order valence-corrected chi connectivity index (χ3v) is 4.04. The number of hydrogen-bond acceptors (Lipinski definition) is 5. The molecule has 0 spiro atoms. The molecule has 3 N–H and O–H groups in total. The van der Waals surface area contributed by atoms with Gasteiger partial charge in [0, 0.05) is 6.07 Å². The number of benzene rings is 1. The minimum absolute atomic E-state index is 0. The number of aliphatic hydroxyl groups excluding tert-OH is 1. The van der Waals surface area contributed by atoms with E-state index in [1.54, 1.807) is 6.07 Å². The SMILES string of the molecule is COc1ccc([C@H](N)[C@H](O)C2CCCC2)cc1[N+](=O)[O-].Cl. The van der Waals surface area contributed by atoms with E-state index < -0.39 is 17.1 Å². The van der Waals surface area contributed by atoms with Gasteiger partial charge in [-0.3, -0.25) is 10.1 Å². The highest BCUT2D eigenvalue weighted by molar-refractivity contribution is 5.85. The van der Waals surface area contributed by atoms with Crippen molar-refractivity contribution in [3.05, 3.63) is 33.9 Å². The Balaban J connectivity index is 0.00000220. The van der Waals surface area contributed by atoms with Gasteiger partial charge in [-0.25, -0.2) is 0 Å². The van der Waals surface area contributed by atoms with E-state index in [-0.39, 0.29) is 29.8 Å². The van der Waals surface area contributed by atoms with Gasteiger partial charge in [-0.2, -0.15) is 0 Å². The largest absolute Gasteiger partial charge is 0.490 e. The van der Waals surface area contributed by atoms with Crippen LogP contribution in [0.25, 0.3) is 0 Å². The quantitative estimate of drug-likeness (QED) is 0.642. The number of halogens is 1. The number of ether oxygens (including phenoxy) is 1. The standard InChI is InChI=1S/C14H20N2O4.ClH/c1-20-12-7-6-10(8-11(12)16(18)19)13(15)14(17)9-4-2-3-5-9;/h6-9,13-14,17H,2-5,15H2,1H3;1H/t13-,14+;/m0./s1. The molecule has 1 saturated carbocycles. The third-order valence-electron chi connectivity index (χ3n) is 4.04. The van der Waals surface area contributed by atoms with Crippen molar-refractivity contribution in [1.29, 1.82) is 0 Å². The number of rotatable bonds is 5. The van der Waals surface area contributed by atoms with E-state index in [0.29, 0.717) is 5.56 Å². The van der Waals surface area contributed by atoms with Gasteiger partial charge >= 0.3 is 5.69 Å². The second-order valence-corrected chi connectivity index (χ2v) is 5.25. The fourth-order valence-corrected chi connectivity index (χ4v) is 2.85. The molecule has 0 aromatic heterocycles. The number of nitro groups is 1. The average Bonchev–Trinajstić information content (AvgIpc) is 2.99. The predicted molar refractivity (Wildman–Crippen MR) is 81.8 cm³/mol. The monoisotopic (exact) mass is 316 g/mol. The molecule has 1 fully saturated rings. The Labute approximate surface area is 129 Å². The van der Waals surface area contributed by atoms with Gasteiger partial charge in [-0.15, -0.1) is 12.4 Å². The van der Waals surface area contributed by atoms with Crippen LogP contribution in [0.2, 0.25) is 0 Å². The Morgan fingerprint density at radius 2 is 2.05 bits per heavy atom. The molecule has 0 unspecified atom stereocenters. The van der Waals surface area contributed by atoms with Crippen LogP contribution in [0.15, 0.2) is 18.2 Å². The van der Waals surface area contributed by atoms with E-state index in [2.05, 4.69) is 0 Å². The van der Waals surface area contributed by atoms with Gasteiger partial charge in [0.05, 0.1) is 24.2 Å². The molecule has 0 heterocycles. The number of methoxy groups -OCH3 is 1. The lowest BCUT2D eigenvalue weighted by atomic mass is 9.90. The summed E-state index contributed by atoms with van der Waals surface area (Å²) in [5, 5.41) is 21.3. The molecule has 0 amide bonds. The highest BCUT2D eigenvalue weighted by Crippen LogP contribution is 2.35. The van der Waals surface area contributed by atoms with Gasteiger partial charge in [0.25, 0.3) is 0 Å². The Hall–Kier alpha value is -1.37. The van der Waals surface area contributed by atoms with Crippen LogP contribution in [0.5, 0.6) is 5.75 Å². The lowest BCUT2D eigenvalue weighted by Crippen LogP contribution is -2.31. The normalized spacial score (nSPS) is 17.9. The Morgan fingerprint density at radius 3 is 2.57 bits per heavy atom. The molecule has 1 aromatic carbocycles. The summed E-state index contributed by atoms with van der Waals surface area (Å²) in [5.41, 5.74) is 6.51. The summed E-state index contributed by atoms with van der Waals surface area (Å²) in [7, 11) is 1.38. The maximum Gasteiger partial charge on any atom is 0.311 e. The second kappa shape index (κ2) is 7.59. The van der Waals surface area contributed by atoms with E-state index in [1.165, 1.54) is 19.2 Å². The fourth-order valence-electron chi connectivity index (χ4n) is 2.85. The summed E-state index contributed by atoms with van der Waals surface area (Å²) in [6.07, 6.45) is 3.49. The van der Waals surface area contributed by atoms with Gasteiger partial charge in [0.2, 0.25) is 0 Å². The molecule has 0 bridgehead atoms. The number of aliphatic hydroxyl groups is 1. The molecule has 2 rings (SSSR count). The van der Waals surface area contributed by atoms with Crippen LogP contribution in [-0.4, -0.2) is 23.2 Å². The first-order valence-corrected chi connectivity index (χ1v) is 6.80. The van der Waals surface area contributed by atoms with Gasteiger partial charge < -0.3 is 15.6 Å². The van der Waals surface area contributed by atoms with Crippen molar-refractivity contribution in [3.8, 4) is 5.75 Å². The average molecular weight is 317 g/mol. The van der Waals surface area contributed by atoms with E-state index in [1.807, 2.05) is 0 Å². The first kappa shape index (κ1) is 17.7. The van der Waals surface area contributed by atoms with Crippen LogP contribution in [0, 0.1) is 16.0 Å². The zero-order valence-electron chi connectivity index (χ0n) is 11.9. The highest BCUT2D eigenvalue weighted by atomic mass is 35.5. The molecule has 1 aliphatic rings. The first-order chi connectivity index (χ1) is 9.54.